The van der Waals surface area contributed by atoms with Crippen LogP contribution in [0.4, 0.5) is 0 Å². The van der Waals surface area contributed by atoms with Crippen LogP contribution in [0.15, 0.2) is 171 Å². The van der Waals surface area contributed by atoms with Crippen molar-refractivity contribution in [1.82, 2.24) is 5.32 Å². The fourth-order valence-electron chi connectivity index (χ4n) is 6.07. The van der Waals surface area contributed by atoms with Gasteiger partial charge in [-0.25, -0.2) is 0 Å². The normalized spacial score (nSPS) is 15.2. The van der Waals surface area contributed by atoms with Crippen molar-refractivity contribution in [3.63, 3.8) is 0 Å². The van der Waals surface area contributed by atoms with Crippen LogP contribution >= 0.6 is 22.7 Å². The van der Waals surface area contributed by atoms with E-state index in [0.717, 1.165) is 44.5 Å². The maximum atomic E-state index is 5.14. The molecule has 0 bridgehead atoms. The Morgan fingerprint density at radius 2 is 1.44 bits per heavy atom. The third-order valence-electron chi connectivity index (χ3n) is 9.05. The van der Waals surface area contributed by atoms with Crippen LogP contribution in [-0.2, 0) is 12.0 Å². The van der Waals surface area contributed by atoms with E-state index in [-0.39, 0.29) is 11.5 Å². The Labute approximate surface area is 302 Å². The molecular weight excluding hydrogens is 649 g/mol. The first-order valence-corrected chi connectivity index (χ1v) is 18.4. The van der Waals surface area contributed by atoms with Crippen molar-refractivity contribution < 1.29 is 0 Å². The second kappa shape index (κ2) is 15.0. The molecule has 0 spiro atoms. The number of benzene rings is 4. The van der Waals surface area contributed by atoms with Crippen molar-refractivity contribution in [2.75, 3.05) is 0 Å². The highest BCUT2D eigenvalue weighted by Gasteiger charge is 2.24. The monoisotopic (exact) mass is 686 g/mol. The molecule has 2 aromatic heterocycles. The van der Waals surface area contributed by atoms with Crippen LogP contribution in [0.2, 0.25) is 0 Å². The van der Waals surface area contributed by atoms with Crippen molar-refractivity contribution in [2.45, 2.75) is 31.8 Å². The zero-order chi connectivity index (χ0) is 34.3. The summed E-state index contributed by atoms with van der Waals surface area (Å²) in [6, 6.07) is 46.7. The minimum absolute atomic E-state index is 0.0509. The zero-order valence-electron chi connectivity index (χ0n) is 28.2. The molecule has 1 unspecified atom stereocenters. The second-order valence-electron chi connectivity index (χ2n) is 12.6. The molecule has 7 rings (SSSR count). The minimum atomic E-state index is -0.195. The molecule has 246 valence electrons. The fourth-order valence-corrected chi connectivity index (χ4v) is 7.48. The molecule has 3 heterocycles. The molecule has 6 heteroatoms. The number of rotatable bonds is 11. The molecule has 1 aliphatic rings. The first-order chi connectivity index (χ1) is 24.5. The lowest BCUT2D eigenvalue weighted by Crippen LogP contribution is -2.27. The van der Waals surface area contributed by atoms with Gasteiger partial charge < -0.3 is 5.32 Å². The summed E-state index contributed by atoms with van der Waals surface area (Å²) in [6.45, 7) is 8.94. The summed E-state index contributed by atoms with van der Waals surface area (Å²) in [4.78, 5) is 16.8. The second-order valence-corrected chi connectivity index (χ2v) is 14.5. The van der Waals surface area contributed by atoms with E-state index in [9.17, 15) is 0 Å². The van der Waals surface area contributed by atoms with Crippen molar-refractivity contribution in [2.24, 2.45) is 15.0 Å². The van der Waals surface area contributed by atoms with E-state index in [4.69, 9.17) is 9.98 Å². The Morgan fingerprint density at radius 1 is 0.780 bits per heavy atom. The lowest BCUT2D eigenvalue weighted by atomic mass is 9.77. The Hall–Kier alpha value is -5.43. The molecule has 1 atom stereocenters. The minimum Gasteiger partial charge on any atom is -0.339 e. The molecule has 0 aliphatic carbocycles. The first kappa shape index (κ1) is 33.1. The molecule has 0 saturated carbocycles. The highest BCUT2D eigenvalue weighted by Crippen LogP contribution is 2.34. The van der Waals surface area contributed by atoms with Gasteiger partial charge in [-0.3, -0.25) is 15.0 Å². The molecule has 4 aromatic carbocycles. The van der Waals surface area contributed by atoms with Crippen LogP contribution in [-0.4, -0.2) is 18.3 Å². The highest BCUT2D eigenvalue weighted by molar-refractivity contribution is 7.11. The number of amidine groups is 1. The molecule has 0 fully saturated rings. The number of nitrogens with one attached hydrogen (secondary N) is 1. The molecule has 0 saturated heterocycles. The quantitative estimate of drug-likeness (QED) is 0.136. The van der Waals surface area contributed by atoms with Gasteiger partial charge in [-0.1, -0.05) is 135 Å². The Bertz CT molecular complexity index is 2160. The maximum absolute atomic E-state index is 5.14. The van der Waals surface area contributed by atoms with E-state index in [1.165, 1.54) is 21.6 Å². The highest BCUT2D eigenvalue weighted by atomic mass is 32.1. The van der Waals surface area contributed by atoms with Gasteiger partial charge in [0.15, 0.2) is 0 Å². The van der Waals surface area contributed by atoms with Crippen molar-refractivity contribution in [3.05, 3.63) is 200 Å². The van der Waals surface area contributed by atoms with E-state index >= 15 is 0 Å². The lowest BCUT2D eigenvalue weighted by molar-refractivity contribution is 0.640. The van der Waals surface area contributed by atoms with Gasteiger partial charge in [0.1, 0.15) is 5.84 Å². The van der Waals surface area contributed by atoms with Gasteiger partial charge in [0.2, 0.25) is 0 Å². The summed E-state index contributed by atoms with van der Waals surface area (Å²) in [5.74, 6) is 0.884. The molecule has 6 aromatic rings. The summed E-state index contributed by atoms with van der Waals surface area (Å²) in [6.07, 6.45) is 4.25. The number of hydrogen-bond donors (Lipinski definition) is 1. The third-order valence-corrected chi connectivity index (χ3v) is 10.8. The van der Waals surface area contributed by atoms with Gasteiger partial charge in [0.25, 0.3) is 0 Å². The van der Waals surface area contributed by atoms with E-state index in [0.29, 0.717) is 6.54 Å². The van der Waals surface area contributed by atoms with Gasteiger partial charge in [0, 0.05) is 11.0 Å². The topological polar surface area (TPSA) is 49.1 Å². The summed E-state index contributed by atoms with van der Waals surface area (Å²) in [5.41, 5.74) is 9.55. The Morgan fingerprint density at radius 3 is 2.08 bits per heavy atom. The summed E-state index contributed by atoms with van der Waals surface area (Å²) in [5, 5.41) is 7.78. The molecule has 4 nitrogen and oxygen atoms in total. The van der Waals surface area contributed by atoms with Crippen LogP contribution in [0.25, 0.3) is 11.4 Å². The molecule has 1 N–H and O–H groups in total. The van der Waals surface area contributed by atoms with E-state index in [1.54, 1.807) is 22.7 Å². The van der Waals surface area contributed by atoms with Crippen LogP contribution in [0, 0.1) is 0 Å². The smallest absolute Gasteiger partial charge is 0.133 e. The van der Waals surface area contributed by atoms with E-state index in [1.807, 2.05) is 36.4 Å². The largest absolute Gasteiger partial charge is 0.339 e. The summed E-state index contributed by atoms with van der Waals surface area (Å²) < 4.78 is 0. The molecular formula is C44H38N4S2. The van der Waals surface area contributed by atoms with Gasteiger partial charge in [-0.05, 0) is 69.6 Å². The number of allylic oxidation sites excluding steroid dienone is 1. The van der Waals surface area contributed by atoms with Crippen LogP contribution in [0.1, 0.15) is 63.0 Å². The predicted octanol–water partition coefficient (Wildman–Crippen LogP) is 11.0. The fraction of sp³-hybridized carbons (Fsp3) is 0.114. The lowest BCUT2D eigenvalue weighted by Gasteiger charge is -2.27. The van der Waals surface area contributed by atoms with Crippen molar-refractivity contribution >= 4 is 52.3 Å². The molecule has 1 aliphatic heterocycles. The zero-order valence-corrected chi connectivity index (χ0v) is 29.8. The maximum Gasteiger partial charge on any atom is 0.133 e. The average Bonchev–Trinajstić information content (AvgIpc) is 3.92. The van der Waals surface area contributed by atoms with Crippen LogP contribution in [0.3, 0.4) is 0 Å². The van der Waals surface area contributed by atoms with Crippen molar-refractivity contribution in [3.8, 4) is 0 Å². The Kier molecular flexibility index (Phi) is 9.92. The standard InChI is InChI=1S/C44H38N4S2/c1-44(2,35-22-18-31(19-23-35)30-46-37(32-12-6-4-7-13-32)28-39(45-3)41-16-10-26-49-41)36-24-20-34(21-25-36)43-47-38(33-14-8-5-9-15-33)29-40(48-43)42-17-11-27-50-42/h4-29,38H,3,30H2,1-2H3,(H,47,48)/b39-28-,46-37?. The predicted molar refractivity (Wildman–Crippen MR) is 215 cm³/mol. The summed E-state index contributed by atoms with van der Waals surface area (Å²) in [7, 11) is 0. The van der Waals surface area contributed by atoms with E-state index in [2.05, 4.69) is 151 Å². The van der Waals surface area contributed by atoms with Gasteiger partial charge in [-0.15, -0.1) is 22.7 Å². The van der Waals surface area contributed by atoms with Gasteiger partial charge >= 0.3 is 0 Å². The van der Waals surface area contributed by atoms with Gasteiger partial charge in [-0.2, -0.15) is 0 Å². The molecule has 0 amide bonds. The number of nitrogens with zero attached hydrogens (tertiary/aromatic N) is 3. The van der Waals surface area contributed by atoms with Crippen LogP contribution < -0.4 is 5.32 Å². The number of hydrogen-bond acceptors (Lipinski definition) is 6. The van der Waals surface area contributed by atoms with Crippen molar-refractivity contribution in [1.29, 1.82) is 0 Å². The third kappa shape index (κ3) is 7.42. The molecule has 0 radical (unpaired) electrons. The number of thiophene rings is 2. The average molecular weight is 687 g/mol. The first-order valence-electron chi connectivity index (χ1n) is 16.7. The van der Waals surface area contributed by atoms with Crippen LogP contribution in [0.5, 0.6) is 0 Å². The Balaban J connectivity index is 1.10. The summed E-state index contributed by atoms with van der Waals surface area (Å²) >= 11 is 3.38. The number of aliphatic imine (C=N–C) groups is 3. The van der Waals surface area contributed by atoms with Gasteiger partial charge in [0.05, 0.1) is 39.4 Å². The van der Waals surface area contributed by atoms with E-state index < -0.39 is 0 Å². The SMILES string of the molecule is C=N/C(=C\C(=NCc1ccc(C(C)(C)c2ccc(C3=NC(c4ccccc4)C=C(c4cccs4)N3)cc2)cc1)c1ccccc1)c1cccs1. The molecule has 50 heavy (non-hydrogen) atoms.